The van der Waals surface area contributed by atoms with Gasteiger partial charge >= 0.3 is 5.97 Å². The van der Waals surface area contributed by atoms with E-state index in [0.29, 0.717) is 31.1 Å². The number of Topliss-reactive ketones (excluding diaryl/α,β-unsaturated/α-hetero) is 1. The van der Waals surface area contributed by atoms with Gasteiger partial charge in [-0.25, -0.2) is 4.79 Å². The van der Waals surface area contributed by atoms with Crippen LogP contribution in [0.15, 0.2) is 18.2 Å². The zero-order valence-corrected chi connectivity index (χ0v) is 14.3. The van der Waals surface area contributed by atoms with Crippen molar-refractivity contribution >= 4 is 11.8 Å². The molecular weight excluding hydrogens is 296 g/mol. The average molecular weight is 322 g/mol. The van der Waals surface area contributed by atoms with E-state index in [-0.39, 0.29) is 23.0 Å². The third kappa shape index (κ3) is 6.72. The molecule has 0 spiro atoms. The van der Waals surface area contributed by atoms with Crippen LogP contribution in [0.25, 0.3) is 0 Å². The van der Waals surface area contributed by atoms with Crippen LogP contribution in [-0.4, -0.2) is 30.6 Å². The third-order valence-electron chi connectivity index (χ3n) is 3.46. The molecular formula is C18H26O5. The number of rotatable bonds is 9. The lowest BCUT2D eigenvalue weighted by Gasteiger charge is -2.13. The number of carbonyl (C=O) groups excluding carboxylic acids is 2. The van der Waals surface area contributed by atoms with Crippen molar-refractivity contribution in [2.75, 3.05) is 13.7 Å². The van der Waals surface area contributed by atoms with Gasteiger partial charge in [0, 0.05) is 12.8 Å². The van der Waals surface area contributed by atoms with Crippen molar-refractivity contribution in [3.8, 4) is 11.5 Å². The molecule has 0 aliphatic heterocycles. The molecule has 0 aromatic heterocycles. The number of hydrogen-bond donors (Lipinski definition) is 1. The molecule has 1 aromatic rings. The van der Waals surface area contributed by atoms with Gasteiger partial charge in [-0.15, -0.1) is 0 Å². The van der Waals surface area contributed by atoms with E-state index in [4.69, 9.17) is 4.74 Å². The highest BCUT2D eigenvalue weighted by Gasteiger charge is 2.13. The minimum absolute atomic E-state index is 0.101. The smallest absolute Gasteiger partial charge is 0.337 e. The topological polar surface area (TPSA) is 72.8 Å². The minimum atomic E-state index is -0.510. The summed E-state index contributed by atoms with van der Waals surface area (Å²) >= 11 is 0. The quantitative estimate of drug-likeness (QED) is 0.703. The predicted octanol–water partition coefficient (Wildman–Crippen LogP) is 3.59. The van der Waals surface area contributed by atoms with Gasteiger partial charge in [0.2, 0.25) is 0 Å². The number of aromatic hydroxyl groups is 1. The van der Waals surface area contributed by atoms with Gasteiger partial charge in [0.1, 0.15) is 5.78 Å². The fourth-order valence-electron chi connectivity index (χ4n) is 2.28. The highest BCUT2D eigenvalue weighted by atomic mass is 16.5. The predicted molar refractivity (Wildman–Crippen MR) is 87.8 cm³/mol. The van der Waals surface area contributed by atoms with Crippen LogP contribution < -0.4 is 4.74 Å². The number of esters is 1. The van der Waals surface area contributed by atoms with Crippen molar-refractivity contribution in [2.24, 2.45) is 11.8 Å². The van der Waals surface area contributed by atoms with Crippen LogP contribution in [0.5, 0.6) is 11.5 Å². The van der Waals surface area contributed by atoms with Gasteiger partial charge < -0.3 is 14.6 Å². The SMILES string of the molecule is COC(=O)c1ccc(OCCC(C)CC(=O)CC(C)C)c(O)c1. The zero-order valence-electron chi connectivity index (χ0n) is 14.3. The molecule has 1 aromatic carbocycles. The lowest BCUT2D eigenvalue weighted by Crippen LogP contribution is -2.11. The summed E-state index contributed by atoms with van der Waals surface area (Å²) in [6.07, 6.45) is 1.89. The van der Waals surface area contributed by atoms with Crippen LogP contribution in [0.4, 0.5) is 0 Å². The van der Waals surface area contributed by atoms with Crippen molar-refractivity contribution in [3.63, 3.8) is 0 Å². The lowest BCUT2D eigenvalue weighted by atomic mass is 9.96. The van der Waals surface area contributed by atoms with Crippen LogP contribution in [0.1, 0.15) is 50.4 Å². The fourth-order valence-corrected chi connectivity index (χ4v) is 2.28. The standard InChI is InChI=1S/C18H26O5/c1-12(2)9-15(19)10-13(3)7-8-23-17-6-5-14(11-16(17)20)18(21)22-4/h5-6,11-13,20H,7-10H2,1-4H3. The van der Waals surface area contributed by atoms with Gasteiger partial charge in [-0.3, -0.25) is 4.79 Å². The Morgan fingerprint density at radius 3 is 2.43 bits per heavy atom. The lowest BCUT2D eigenvalue weighted by molar-refractivity contribution is -0.120. The Bertz CT molecular complexity index is 536. The van der Waals surface area contributed by atoms with Crippen LogP contribution in [0.2, 0.25) is 0 Å². The number of carbonyl (C=O) groups is 2. The molecule has 1 rings (SSSR count). The van der Waals surface area contributed by atoms with Crippen molar-refractivity contribution in [1.82, 2.24) is 0 Å². The second-order valence-corrected chi connectivity index (χ2v) is 6.26. The third-order valence-corrected chi connectivity index (χ3v) is 3.46. The maximum atomic E-state index is 11.8. The molecule has 0 heterocycles. The Balaban J connectivity index is 2.43. The van der Waals surface area contributed by atoms with Gasteiger partial charge in [-0.1, -0.05) is 20.8 Å². The number of ketones is 1. The molecule has 128 valence electrons. The molecule has 1 N–H and O–H groups in total. The Hall–Kier alpha value is -2.04. The first kappa shape index (κ1) is 19.0. The Labute approximate surface area is 137 Å². The molecule has 0 aliphatic carbocycles. The van der Waals surface area contributed by atoms with Gasteiger partial charge in [0.05, 0.1) is 19.3 Å². The number of benzene rings is 1. The second kappa shape index (κ2) is 9.18. The van der Waals surface area contributed by atoms with Crippen LogP contribution in [0.3, 0.4) is 0 Å². The maximum absolute atomic E-state index is 11.8. The Kier molecular flexibility index (Phi) is 7.59. The molecule has 0 bridgehead atoms. The van der Waals surface area contributed by atoms with Crippen LogP contribution >= 0.6 is 0 Å². The minimum Gasteiger partial charge on any atom is -0.504 e. The van der Waals surface area contributed by atoms with Crippen molar-refractivity contribution < 1.29 is 24.2 Å². The summed E-state index contributed by atoms with van der Waals surface area (Å²) < 4.78 is 10.1. The van der Waals surface area contributed by atoms with E-state index < -0.39 is 5.97 Å². The van der Waals surface area contributed by atoms with Crippen LogP contribution in [0, 0.1) is 11.8 Å². The largest absolute Gasteiger partial charge is 0.504 e. The van der Waals surface area contributed by atoms with E-state index in [1.54, 1.807) is 0 Å². The molecule has 23 heavy (non-hydrogen) atoms. The van der Waals surface area contributed by atoms with E-state index in [1.165, 1.54) is 25.3 Å². The molecule has 0 amide bonds. The van der Waals surface area contributed by atoms with Crippen molar-refractivity contribution in [3.05, 3.63) is 23.8 Å². The van der Waals surface area contributed by atoms with Gasteiger partial charge in [-0.05, 0) is 36.5 Å². The highest BCUT2D eigenvalue weighted by Crippen LogP contribution is 2.27. The summed E-state index contributed by atoms with van der Waals surface area (Å²) in [6, 6.07) is 4.39. The normalized spacial score (nSPS) is 12.0. The first-order chi connectivity index (χ1) is 10.8. The molecule has 1 unspecified atom stereocenters. The first-order valence-corrected chi connectivity index (χ1v) is 7.89. The fraction of sp³-hybridized carbons (Fsp3) is 0.556. The summed E-state index contributed by atoms with van der Waals surface area (Å²) in [6.45, 7) is 6.49. The molecule has 1 atom stereocenters. The van der Waals surface area contributed by atoms with Gasteiger partial charge in [0.15, 0.2) is 11.5 Å². The number of phenolic OH excluding ortho intramolecular Hbond substituents is 1. The molecule has 5 nitrogen and oxygen atoms in total. The summed E-state index contributed by atoms with van der Waals surface area (Å²) in [5.74, 6) is 0.602. The molecule has 0 fully saturated rings. The molecule has 0 radical (unpaired) electrons. The van der Waals surface area contributed by atoms with E-state index in [9.17, 15) is 14.7 Å². The van der Waals surface area contributed by atoms with Crippen molar-refractivity contribution in [1.29, 1.82) is 0 Å². The van der Waals surface area contributed by atoms with E-state index in [0.717, 1.165) is 6.42 Å². The maximum Gasteiger partial charge on any atom is 0.337 e. The van der Waals surface area contributed by atoms with Gasteiger partial charge in [0.25, 0.3) is 0 Å². The van der Waals surface area contributed by atoms with E-state index in [1.807, 2.05) is 20.8 Å². The zero-order chi connectivity index (χ0) is 17.4. The molecule has 0 aliphatic rings. The van der Waals surface area contributed by atoms with Crippen LogP contribution in [-0.2, 0) is 9.53 Å². The monoisotopic (exact) mass is 322 g/mol. The van der Waals surface area contributed by atoms with E-state index in [2.05, 4.69) is 4.74 Å². The molecule has 0 saturated carbocycles. The summed E-state index contributed by atoms with van der Waals surface area (Å²) in [7, 11) is 1.28. The van der Waals surface area contributed by atoms with Gasteiger partial charge in [-0.2, -0.15) is 0 Å². The number of methoxy groups -OCH3 is 1. The number of ether oxygens (including phenoxy) is 2. The number of hydrogen-bond acceptors (Lipinski definition) is 5. The Morgan fingerprint density at radius 1 is 1.17 bits per heavy atom. The number of phenols is 1. The highest BCUT2D eigenvalue weighted by molar-refractivity contribution is 5.90. The summed E-state index contributed by atoms with van der Waals surface area (Å²) in [5.41, 5.74) is 0.269. The second-order valence-electron chi connectivity index (χ2n) is 6.26. The first-order valence-electron chi connectivity index (χ1n) is 7.89. The average Bonchev–Trinajstić information content (AvgIpc) is 2.46. The molecule has 0 saturated heterocycles. The summed E-state index contributed by atoms with van der Waals surface area (Å²) in [5, 5.41) is 9.86. The van der Waals surface area contributed by atoms with E-state index >= 15 is 0 Å². The Morgan fingerprint density at radius 2 is 1.87 bits per heavy atom. The van der Waals surface area contributed by atoms with Crippen molar-refractivity contribution in [2.45, 2.75) is 40.0 Å². The molecule has 5 heteroatoms. The summed E-state index contributed by atoms with van der Waals surface area (Å²) in [4.78, 5) is 23.1.